The van der Waals surface area contributed by atoms with Crippen LogP contribution in [-0.4, -0.2) is 12.1 Å². The number of ether oxygens (including phenoxy) is 1. The second-order valence-electron chi connectivity index (χ2n) is 6.78. The molecule has 0 aliphatic heterocycles. The van der Waals surface area contributed by atoms with E-state index in [4.69, 9.17) is 4.74 Å². The fourth-order valence-electron chi connectivity index (χ4n) is 4.02. The fraction of sp³-hybridized carbons (Fsp3) is 0.737. The van der Waals surface area contributed by atoms with Gasteiger partial charge in [0.2, 0.25) is 0 Å². The fourth-order valence-corrected chi connectivity index (χ4v) is 4.02. The van der Waals surface area contributed by atoms with Gasteiger partial charge in [0.25, 0.3) is 0 Å². The Morgan fingerprint density at radius 1 is 1.24 bits per heavy atom. The van der Waals surface area contributed by atoms with Crippen molar-refractivity contribution < 1.29 is 9.53 Å². The number of carbonyl (C=O) groups is 1. The Balaban J connectivity index is 2.01. The topological polar surface area (TPSA) is 26.3 Å². The van der Waals surface area contributed by atoms with Crippen LogP contribution in [0.5, 0.6) is 0 Å². The largest absolute Gasteiger partial charge is 0.462 e. The van der Waals surface area contributed by atoms with Crippen molar-refractivity contribution >= 4 is 5.97 Å². The average molecular weight is 290 g/mol. The molecule has 2 aliphatic rings. The number of esters is 1. The third-order valence-corrected chi connectivity index (χ3v) is 5.11. The monoisotopic (exact) mass is 290 g/mol. The average Bonchev–Trinajstić information content (AvgIpc) is 2.45. The molecule has 21 heavy (non-hydrogen) atoms. The van der Waals surface area contributed by atoms with E-state index < -0.39 is 0 Å². The molecule has 2 rings (SSSR count). The molecule has 2 nitrogen and oxygen atoms in total. The summed E-state index contributed by atoms with van der Waals surface area (Å²) in [5, 5.41) is 0. The molecule has 0 amide bonds. The highest BCUT2D eigenvalue weighted by atomic mass is 16.5. The Labute approximate surface area is 129 Å². The Bertz CT molecular complexity index is 419. The van der Waals surface area contributed by atoms with Gasteiger partial charge in [0.15, 0.2) is 0 Å². The lowest BCUT2D eigenvalue weighted by atomic mass is 9.75. The lowest BCUT2D eigenvalue weighted by Gasteiger charge is -2.31. The van der Waals surface area contributed by atoms with E-state index in [-0.39, 0.29) is 12.1 Å². The molecule has 0 aromatic carbocycles. The standard InChI is InChI=1S/C19H30O2/c1-4-19-14(2)7-5-9-17(19)12-11-16-8-6-10-18(13-16)21-15(3)20/h11-12,14,18-19H,4-10,13H2,1-3H3/b16-11-,17-12+/t14-,18+,19?/m1/s1. The molecule has 0 spiro atoms. The summed E-state index contributed by atoms with van der Waals surface area (Å²) in [5.41, 5.74) is 3.09. The molecule has 2 saturated carbocycles. The molecule has 118 valence electrons. The quantitative estimate of drug-likeness (QED) is 0.668. The number of allylic oxidation sites excluding steroid dienone is 3. The molecule has 0 bridgehead atoms. The van der Waals surface area contributed by atoms with Crippen LogP contribution >= 0.6 is 0 Å². The molecule has 2 heteroatoms. The van der Waals surface area contributed by atoms with Crippen molar-refractivity contribution in [3.63, 3.8) is 0 Å². The summed E-state index contributed by atoms with van der Waals surface area (Å²) >= 11 is 0. The van der Waals surface area contributed by atoms with Gasteiger partial charge in [-0.25, -0.2) is 0 Å². The Kier molecular flexibility index (Phi) is 6.08. The predicted molar refractivity (Wildman–Crippen MR) is 87.0 cm³/mol. The number of rotatable bonds is 3. The summed E-state index contributed by atoms with van der Waals surface area (Å²) in [6.07, 6.45) is 14.3. The smallest absolute Gasteiger partial charge is 0.302 e. The number of hydrogen-bond acceptors (Lipinski definition) is 2. The minimum Gasteiger partial charge on any atom is -0.462 e. The zero-order valence-corrected chi connectivity index (χ0v) is 13.9. The van der Waals surface area contributed by atoms with Crippen LogP contribution in [0.1, 0.15) is 72.1 Å². The Hall–Kier alpha value is -1.05. The van der Waals surface area contributed by atoms with Crippen LogP contribution in [0.2, 0.25) is 0 Å². The van der Waals surface area contributed by atoms with E-state index in [9.17, 15) is 4.79 Å². The third kappa shape index (κ3) is 4.72. The molecule has 0 N–H and O–H groups in total. The van der Waals surface area contributed by atoms with Gasteiger partial charge in [-0.15, -0.1) is 0 Å². The van der Waals surface area contributed by atoms with Crippen LogP contribution in [0.3, 0.4) is 0 Å². The highest BCUT2D eigenvalue weighted by molar-refractivity contribution is 5.66. The third-order valence-electron chi connectivity index (χ3n) is 5.11. The van der Waals surface area contributed by atoms with Crippen molar-refractivity contribution in [3.05, 3.63) is 23.3 Å². The van der Waals surface area contributed by atoms with Crippen LogP contribution in [0, 0.1) is 11.8 Å². The first-order valence-corrected chi connectivity index (χ1v) is 8.65. The molecule has 0 aromatic heterocycles. The molecule has 0 aromatic rings. The highest BCUT2D eigenvalue weighted by Gasteiger charge is 2.24. The second-order valence-corrected chi connectivity index (χ2v) is 6.78. The van der Waals surface area contributed by atoms with Gasteiger partial charge in [-0.05, 0) is 56.8 Å². The van der Waals surface area contributed by atoms with Crippen LogP contribution < -0.4 is 0 Å². The second kappa shape index (κ2) is 7.82. The SMILES string of the molecule is CCC1/C(=C/C=C2/CCC[C@H](OC(C)=O)C2)CCC[C@H]1C. The summed E-state index contributed by atoms with van der Waals surface area (Å²) in [6.45, 7) is 6.21. The Morgan fingerprint density at radius 3 is 2.71 bits per heavy atom. The minimum absolute atomic E-state index is 0.105. The first kappa shape index (κ1) is 16.3. The molecule has 3 atom stereocenters. The lowest BCUT2D eigenvalue weighted by Crippen LogP contribution is -2.20. The van der Waals surface area contributed by atoms with Crippen molar-refractivity contribution in [1.29, 1.82) is 0 Å². The summed E-state index contributed by atoms with van der Waals surface area (Å²) in [7, 11) is 0. The van der Waals surface area contributed by atoms with Gasteiger partial charge in [0.05, 0.1) is 0 Å². The lowest BCUT2D eigenvalue weighted by molar-refractivity contribution is -0.147. The molecule has 0 saturated heterocycles. The molecule has 2 aliphatic carbocycles. The van der Waals surface area contributed by atoms with Crippen molar-refractivity contribution in [1.82, 2.24) is 0 Å². The van der Waals surface area contributed by atoms with Gasteiger partial charge in [0, 0.05) is 13.3 Å². The maximum absolute atomic E-state index is 11.1. The van der Waals surface area contributed by atoms with Gasteiger partial charge in [-0.3, -0.25) is 4.79 Å². The zero-order valence-electron chi connectivity index (χ0n) is 13.9. The van der Waals surface area contributed by atoms with Gasteiger partial charge in [0.1, 0.15) is 6.10 Å². The summed E-state index contributed by atoms with van der Waals surface area (Å²) in [4.78, 5) is 11.1. The van der Waals surface area contributed by atoms with E-state index in [0.29, 0.717) is 0 Å². The van der Waals surface area contributed by atoms with Crippen molar-refractivity contribution in [2.24, 2.45) is 11.8 Å². The highest BCUT2D eigenvalue weighted by Crippen LogP contribution is 2.36. The summed E-state index contributed by atoms with van der Waals surface area (Å²) in [5.74, 6) is 1.45. The zero-order chi connectivity index (χ0) is 15.2. The molecule has 0 radical (unpaired) electrons. The van der Waals surface area contributed by atoms with Gasteiger partial charge < -0.3 is 4.74 Å². The van der Waals surface area contributed by atoms with E-state index in [1.54, 1.807) is 5.57 Å². The van der Waals surface area contributed by atoms with Crippen molar-refractivity contribution in [3.8, 4) is 0 Å². The molecule has 1 unspecified atom stereocenters. The van der Waals surface area contributed by atoms with Crippen LogP contribution in [0.4, 0.5) is 0 Å². The summed E-state index contributed by atoms with van der Waals surface area (Å²) < 4.78 is 5.37. The molecule has 0 heterocycles. The Morgan fingerprint density at radius 2 is 2.00 bits per heavy atom. The van der Waals surface area contributed by atoms with Gasteiger partial charge >= 0.3 is 5.97 Å². The number of carbonyl (C=O) groups excluding carboxylic acids is 1. The normalized spacial score (nSPS) is 34.1. The van der Waals surface area contributed by atoms with E-state index >= 15 is 0 Å². The predicted octanol–water partition coefficient (Wildman–Crippen LogP) is 5.19. The molecular formula is C19H30O2. The van der Waals surface area contributed by atoms with Crippen LogP contribution in [0.25, 0.3) is 0 Å². The maximum atomic E-state index is 11.1. The molecular weight excluding hydrogens is 260 g/mol. The van der Waals surface area contributed by atoms with Gasteiger partial charge in [-0.2, -0.15) is 0 Å². The van der Waals surface area contributed by atoms with Crippen LogP contribution in [-0.2, 0) is 9.53 Å². The summed E-state index contributed by atoms with van der Waals surface area (Å²) in [6, 6.07) is 0. The first-order chi connectivity index (χ1) is 10.1. The molecule has 2 fully saturated rings. The number of hydrogen-bond donors (Lipinski definition) is 0. The van der Waals surface area contributed by atoms with E-state index in [0.717, 1.165) is 37.5 Å². The first-order valence-electron chi connectivity index (χ1n) is 8.65. The van der Waals surface area contributed by atoms with E-state index in [1.165, 1.54) is 38.2 Å². The van der Waals surface area contributed by atoms with Crippen molar-refractivity contribution in [2.45, 2.75) is 78.2 Å². The maximum Gasteiger partial charge on any atom is 0.302 e. The van der Waals surface area contributed by atoms with Crippen molar-refractivity contribution in [2.75, 3.05) is 0 Å². The van der Waals surface area contributed by atoms with Crippen LogP contribution in [0.15, 0.2) is 23.3 Å². The van der Waals surface area contributed by atoms with E-state index in [1.807, 2.05) is 0 Å². The van der Waals surface area contributed by atoms with E-state index in [2.05, 4.69) is 26.0 Å². The minimum atomic E-state index is -0.147. The van der Waals surface area contributed by atoms with Gasteiger partial charge in [-0.1, -0.05) is 37.1 Å².